The van der Waals surface area contributed by atoms with E-state index in [1.807, 2.05) is 0 Å². The molecule has 3 aliphatic rings. The standard InChI is InChI=1S/C19H23N5O4S/c20-29(21,27)15-8-22-24-14(9-25)17(28-19(15)24)18(26)23-16-12-5-1-3-10(12)7-11-4-2-6-13(11)16/h7-8,14,17,25H,1-6,9H2,(H,23,26)(H3,20,21,27). The zero-order valence-corrected chi connectivity index (χ0v) is 16.6. The van der Waals surface area contributed by atoms with Crippen molar-refractivity contribution in [3.63, 3.8) is 0 Å². The summed E-state index contributed by atoms with van der Waals surface area (Å²) in [5.41, 5.74) is 5.91. The summed E-state index contributed by atoms with van der Waals surface area (Å²) in [6.45, 7) is -0.388. The van der Waals surface area contributed by atoms with Crippen molar-refractivity contribution in [3.8, 4) is 5.88 Å². The van der Waals surface area contributed by atoms with E-state index in [0.717, 1.165) is 44.2 Å². The van der Waals surface area contributed by atoms with Crippen LogP contribution in [0.25, 0.3) is 0 Å². The first-order chi connectivity index (χ1) is 13.9. The van der Waals surface area contributed by atoms with E-state index in [0.29, 0.717) is 0 Å². The van der Waals surface area contributed by atoms with E-state index in [1.165, 1.54) is 33.1 Å². The molecule has 29 heavy (non-hydrogen) atoms. The Labute approximate surface area is 168 Å². The molecule has 9 nitrogen and oxygen atoms in total. The van der Waals surface area contributed by atoms with Gasteiger partial charge in [0.25, 0.3) is 5.91 Å². The molecule has 154 valence electrons. The maximum atomic E-state index is 13.2. The first kappa shape index (κ1) is 18.6. The molecule has 0 radical (unpaired) electrons. The minimum Gasteiger partial charge on any atom is -0.461 e. The van der Waals surface area contributed by atoms with Crippen LogP contribution in [0.5, 0.6) is 5.88 Å². The van der Waals surface area contributed by atoms with Gasteiger partial charge in [-0.3, -0.25) is 4.79 Å². The minimum absolute atomic E-state index is 0.00946. The third-order valence-corrected chi connectivity index (χ3v) is 7.05. The van der Waals surface area contributed by atoms with Crippen molar-refractivity contribution in [3.05, 3.63) is 34.5 Å². The summed E-state index contributed by atoms with van der Waals surface area (Å²) in [6.07, 6.45) is 6.23. The Morgan fingerprint density at radius 3 is 2.55 bits per heavy atom. The highest BCUT2D eigenvalue weighted by Gasteiger charge is 2.43. The van der Waals surface area contributed by atoms with Crippen LogP contribution >= 0.6 is 0 Å². The quantitative estimate of drug-likeness (QED) is 0.588. The van der Waals surface area contributed by atoms with E-state index in [4.69, 9.17) is 14.7 Å². The lowest BCUT2D eigenvalue weighted by Crippen LogP contribution is -2.38. The molecule has 0 saturated carbocycles. The zero-order chi connectivity index (χ0) is 20.3. The van der Waals surface area contributed by atoms with E-state index >= 15 is 0 Å². The monoisotopic (exact) mass is 417 g/mol. The first-order valence-electron chi connectivity index (χ1n) is 9.77. The number of aryl methyl sites for hydroxylation is 2. The highest BCUT2D eigenvalue weighted by atomic mass is 32.2. The van der Waals surface area contributed by atoms with E-state index in [2.05, 4.69) is 16.5 Å². The predicted molar refractivity (Wildman–Crippen MR) is 105 cm³/mol. The van der Waals surface area contributed by atoms with Crippen LogP contribution in [0.4, 0.5) is 5.69 Å². The van der Waals surface area contributed by atoms with Crippen LogP contribution in [-0.4, -0.2) is 37.7 Å². The zero-order valence-electron chi connectivity index (χ0n) is 15.8. The molecule has 0 bridgehead atoms. The van der Waals surface area contributed by atoms with Gasteiger partial charge in [0, 0.05) is 5.69 Å². The van der Waals surface area contributed by atoms with Gasteiger partial charge in [0.15, 0.2) is 0 Å². The number of anilines is 1. The number of benzene rings is 1. The molecular formula is C19H23N5O4S. The van der Waals surface area contributed by atoms with Gasteiger partial charge in [-0.2, -0.15) is 5.10 Å². The summed E-state index contributed by atoms with van der Waals surface area (Å²) in [7, 11) is -3.56. The van der Waals surface area contributed by atoms with E-state index in [9.17, 15) is 14.1 Å². The van der Waals surface area contributed by atoms with Crippen molar-refractivity contribution >= 4 is 21.5 Å². The maximum absolute atomic E-state index is 13.2. The molecule has 2 aliphatic carbocycles. The molecule has 1 aliphatic heterocycles. The minimum atomic E-state index is -3.56. The van der Waals surface area contributed by atoms with E-state index < -0.39 is 22.1 Å². The van der Waals surface area contributed by atoms with E-state index in [-0.39, 0.29) is 23.3 Å². The number of aliphatic hydroxyl groups excluding tert-OH is 1. The number of nitrogens with zero attached hydrogens (tertiary/aromatic N) is 2. The average Bonchev–Trinajstić information content (AvgIpc) is 3.42. The van der Waals surface area contributed by atoms with Gasteiger partial charge in [0.05, 0.1) is 12.8 Å². The summed E-state index contributed by atoms with van der Waals surface area (Å²) >= 11 is 0. The third kappa shape index (κ3) is 2.85. The van der Waals surface area contributed by atoms with Gasteiger partial charge in [0.2, 0.25) is 12.0 Å². The number of fused-ring (bicyclic) bond motifs is 3. The fraction of sp³-hybridized carbons (Fsp3) is 0.474. The number of carbonyl (C=O) groups excluding carboxylic acids is 1. The molecule has 10 heteroatoms. The summed E-state index contributed by atoms with van der Waals surface area (Å²) in [6, 6.07) is 1.52. The van der Waals surface area contributed by atoms with Gasteiger partial charge in [-0.05, 0) is 60.8 Å². The number of rotatable bonds is 4. The number of hydrogen-bond donors (Lipinski definition) is 4. The van der Waals surface area contributed by atoms with Crippen LogP contribution in [0.15, 0.2) is 17.2 Å². The molecule has 0 saturated heterocycles. The molecule has 0 fully saturated rings. The second-order valence-electron chi connectivity index (χ2n) is 7.87. The molecule has 1 amide bonds. The fourth-order valence-electron chi connectivity index (χ4n) is 4.78. The number of amides is 1. The SMILES string of the molecule is N=S(N)(=O)c1cnn2c1OC(C(=O)Nc1c3c(cc4c1CCC4)CCC3)C2CO. The molecule has 0 spiro atoms. The lowest BCUT2D eigenvalue weighted by atomic mass is 9.98. The van der Waals surface area contributed by atoms with Gasteiger partial charge in [-0.15, -0.1) is 0 Å². The highest BCUT2D eigenvalue weighted by Crippen LogP contribution is 2.40. The van der Waals surface area contributed by atoms with Crippen LogP contribution in [-0.2, 0) is 40.4 Å². The fourth-order valence-corrected chi connectivity index (χ4v) is 5.39. The maximum Gasteiger partial charge on any atom is 0.267 e. The molecule has 5 rings (SSSR count). The van der Waals surface area contributed by atoms with Crippen LogP contribution in [0.2, 0.25) is 0 Å². The Morgan fingerprint density at radius 2 is 1.97 bits per heavy atom. The van der Waals surface area contributed by atoms with Crippen molar-refractivity contribution in [2.24, 2.45) is 5.14 Å². The predicted octanol–water partition coefficient (Wildman–Crippen LogP) is 1.07. The Hall–Kier alpha value is -2.43. The highest BCUT2D eigenvalue weighted by molar-refractivity contribution is 7.90. The van der Waals surface area contributed by atoms with Crippen molar-refractivity contribution in [1.82, 2.24) is 9.78 Å². The number of nitrogens with two attached hydrogens (primary N) is 1. The Balaban J connectivity index is 1.48. The lowest BCUT2D eigenvalue weighted by molar-refractivity contribution is -0.123. The van der Waals surface area contributed by atoms with Gasteiger partial charge in [0.1, 0.15) is 20.9 Å². The largest absolute Gasteiger partial charge is 0.461 e. The smallest absolute Gasteiger partial charge is 0.267 e. The molecule has 2 heterocycles. The Morgan fingerprint density at radius 1 is 1.31 bits per heavy atom. The molecule has 3 unspecified atom stereocenters. The number of aromatic nitrogens is 2. The Bertz CT molecular complexity index is 1090. The second kappa shape index (κ2) is 6.54. The van der Waals surface area contributed by atoms with Crippen molar-refractivity contribution < 1.29 is 18.8 Å². The molecule has 1 aromatic carbocycles. The van der Waals surface area contributed by atoms with Crippen LogP contribution < -0.4 is 15.2 Å². The molecule has 2 aromatic rings. The Kier molecular flexibility index (Phi) is 4.19. The molecule has 5 N–H and O–H groups in total. The lowest BCUT2D eigenvalue weighted by Gasteiger charge is -2.20. The number of carbonyl (C=O) groups is 1. The third-order valence-electron chi connectivity index (χ3n) is 6.11. The molecule has 3 atom stereocenters. The summed E-state index contributed by atoms with van der Waals surface area (Å²) in [5, 5.41) is 22.4. The molecule has 1 aromatic heterocycles. The van der Waals surface area contributed by atoms with Gasteiger partial charge in [-0.25, -0.2) is 18.8 Å². The van der Waals surface area contributed by atoms with Crippen molar-refractivity contribution in [1.29, 1.82) is 4.78 Å². The normalized spacial score (nSPS) is 23.8. The summed E-state index contributed by atoms with van der Waals surface area (Å²) in [5.74, 6) is -0.376. The van der Waals surface area contributed by atoms with Crippen LogP contribution in [0.1, 0.15) is 41.1 Å². The summed E-state index contributed by atoms with van der Waals surface area (Å²) < 4.78 is 26.6. The number of hydrogen-bond acceptors (Lipinski definition) is 6. The molecular weight excluding hydrogens is 394 g/mol. The topological polar surface area (TPSA) is 143 Å². The van der Waals surface area contributed by atoms with Crippen LogP contribution in [0, 0.1) is 4.78 Å². The first-order valence-corrected chi connectivity index (χ1v) is 11.4. The average molecular weight is 417 g/mol. The number of ether oxygens (including phenoxy) is 1. The second-order valence-corrected chi connectivity index (χ2v) is 9.51. The van der Waals surface area contributed by atoms with Crippen LogP contribution in [0.3, 0.4) is 0 Å². The van der Waals surface area contributed by atoms with Gasteiger partial charge < -0.3 is 15.2 Å². The summed E-state index contributed by atoms with van der Waals surface area (Å²) in [4.78, 5) is 13.1. The number of nitrogens with one attached hydrogen (secondary N) is 2. The van der Waals surface area contributed by atoms with Crippen molar-refractivity contribution in [2.45, 2.75) is 55.6 Å². The van der Waals surface area contributed by atoms with E-state index in [1.54, 1.807) is 0 Å². The van der Waals surface area contributed by atoms with Crippen molar-refractivity contribution in [2.75, 3.05) is 11.9 Å². The van der Waals surface area contributed by atoms with Gasteiger partial charge >= 0.3 is 0 Å². The number of aliphatic hydroxyl groups is 1. The van der Waals surface area contributed by atoms with Gasteiger partial charge in [-0.1, -0.05) is 6.07 Å².